The van der Waals surface area contributed by atoms with Crippen LogP contribution in [0.2, 0.25) is 13.1 Å². The molecule has 1 aromatic heterocycles. The maximum absolute atomic E-state index is 4.91. The van der Waals surface area contributed by atoms with Crippen LogP contribution in [0.25, 0.3) is 10.2 Å². The monoisotopic (exact) mass is 409 g/mol. The van der Waals surface area contributed by atoms with E-state index in [0.717, 1.165) is 5.52 Å². The van der Waals surface area contributed by atoms with Crippen LogP contribution in [0.1, 0.15) is 38.2 Å². The maximum atomic E-state index is 4.91. The standard InChI is InChI=1S/C19H29N2S3Si/c1-19(2,3)12(10-11-23-25(4)5)15-16(21-17(15)22)18-20-13-8-6-7-9-14(13)24-18/h6-9,12,15-17,21-22H,10-11H2,1-5H3/t12?,15-,16-,17?/m1/s1. The Hall–Kier alpha value is -0.0131. The van der Waals surface area contributed by atoms with Gasteiger partial charge < -0.3 is 0 Å². The third kappa shape index (κ3) is 4.46. The molecule has 0 saturated carbocycles. The molecule has 2 unspecified atom stereocenters. The Kier molecular flexibility index (Phi) is 6.26. The van der Waals surface area contributed by atoms with Crippen LogP contribution in [0.15, 0.2) is 24.3 Å². The van der Waals surface area contributed by atoms with Crippen LogP contribution in [-0.2, 0) is 0 Å². The average Bonchev–Trinajstić information content (AvgIpc) is 2.93. The van der Waals surface area contributed by atoms with Gasteiger partial charge in [-0.2, -0.15) is 23.8 Å². The van der Waals surface area contributed by atoms with Crippen molar-refractivity contribution in [1.29, 1.82) is 0 Å². The SMILES string of the molecule is C[Si](C)SCCC([C@H]1C(S)N[C@H]1c1nc2ccccc2s1)C(C)(C)C. The number of hydrogen-bond acceptors (Lipinski definition) is 5. The first-order valence-corrected chi connectivity index (χ1v) is 14.5. The molecule has 2 aromatic rings. The number of thiazole rings is 1. The van der Waals surface area contributed by atoms with Crippen molar-refractivity contribution in [3.63, 3.8) is 0 Å². The zero-order chi connectivity index (χ0) is 18.2. The van der Waals surface area contributed by atoms with Crippen LogP contribution in [0, 0.1) is 17.3 Å². The number of aromatic nitrogens is 1. The summed E-state index contributed by atoms with van der Waals surface area (Å²) in [5.74, 6) is 2.48. The van der Waals surface area contributed by atoms with Gasteiger partial charge in [-0.05, 0) is 35.6 Å². The number of rotatable bonds is 6. The Balaban J connectivity index is 1.81. The molecule has 0 spiro atoms. The minimum Gasteiger partial charge on any atom is -0.296 e. The van der Waals surface area contributed by atoms with Gasteiger partial charge in [0.25, 0.3) is 0 Å². The van der Waals surface area contributed by atoms with E-state index in [1.807, 2.05) is 11.3 Å². The molecule has 1 fully saturated rings. The van der Waals surface area contributed by atoms with Crippen LogP contribution in [0.3, 0.4) is 0 Å². The molecule has 0 aliphatic carbocycles. The second-order valence-electron chi connectivity index (χ2n) is 8.20. The first-order chi connectivity index (χ1) is 11.8. The lowest BCUT2D eigenvalue weighted by Crippen LogP contribution is -2.57. The van der Waals surface area contributed by atoms with E-state index in [0.29, 0.717) is 17.9 Å². The molecular formula is C19H29N2S3Si. The van der Waals surface area contributed by atoms with Gasteiger partial charge in [-0.25, -0.2) is 4.98 Å². The molecule has 4 atom stereocenters. The highest BCUT2D eigenvalue weighted by Gasteiger charge is 2.48. The molecule has 0 amide bonds. The van der Waals surface area contributed by atoms with Crippen molar-refractivity contribution < 1.29 is 0 Å². The fraction of sp³-hybridized carbons (Fsp3) is 0.632. The molecular weight excluding hydrogens is 381 g/mol. The van der Waals surface area contributed by atoms with Crippen molar-refractivity contribution in [2.75, 3.05) is 5.75 Å². The van der Waals surface area contributed by atoms with Crippen LogP contribution in [-0.4, -0.2) is 24.1 Å². The van der Waals surface area contributed by atoms with Crippen molar-refractivity contribution in [2.24, 2.45) is 17.3 Å². The summed E-state index contributed by atoms with van der Waals surface area (Å²) in [6.45, 7) is 11.9. The van der Waals surface area contributed by atoms with Crippen molar-refractivity contribution in [1.82, 2.24) is 10.3 Å². The average molecular weight is 410 g/mol. The number of hydrogen-bond donors (Lipinski definition) is 2. The Morgan fingerprint density at radius 3 is 2.64 bits per heavy atom. The molecule has 3 rings (SSSR count). The second kappa shape index (κ2) is 7.93. The minimum atomic E-state index is -0.213. The molecule has 137 valence electrons. The van der Waals surface area contributed by atoms with Crippen molar-refractivity contribution in [2.45, 2.75) is 51.7 Å². The van der Waals surface area contributed by atoms with Gasteiger partial charge >= 0.3 is 0 Å². The predicted molar refractivity (Wildman–Crippen MR) is 119 cm³/mol. The van der Waals surface area contributed by atoms with Gasteiger partial charge in [0, 0.05) is 5.92 Å². The Labute approximate surface area is 167 Å². The molecule has 1 N–H and O–H groups in total. The lowest BCUT2D eigenvalue weighted by molar-refractivity contribution is 0.0535. The molecule has 1 aliphatic rings. The molecule has 6 heteroatoms. The summed E-state index contributed by atoms with van der Waals surface area (Å²) in [4.78, 5) is 4.91. The zero-order valence-electron chi connectivity index (χ0n) is 15.7. The smallest absolute Gasteiger partial charge is 0.115 e. The number of thiol groups is 1. The van der Waals surface area contributed by atoms with Crippen molar-refractivity contribution in [3.8, 4) is 0 Å². The van der Waals surface area contributed by atoms with E-state index in [9.17, 15) is 0 Å². The van der Waals surface area contributed by atoms with Gasteiger partial charge in [-0.3, -0.25) is 5.32 Å². The molecule has 1 saturated heterocycles. The fourth-order valence-corrected chi connectivity index (χ4v) is 7.76. The third-order valence-electron chi connectivity index (χ3n) is 5.07. The first-order valence-electron chi connectivity index (χ1n) is 9.00. The van der Waals surface area contributed by atoms with E-state index >= 15 is 0 Å². The molecule has 2 heterocycles. The third-order valence-corrected chi connectivity index (χ3v) is 10.0. The van der Waals surface area contributed by atoms with Crippen LogP contribution in [0.4, 0.5) is 0 Å². The highest BCUT2D eigenvalue weighted by Crippen LogP contribution is 2.50. The van der Waals surface area contributed by atoms with E-state index < -0.39 is 0 Å². The van der Waals surface area contributed by atoms with E-state index in [4.69, 9.17) is 17.6 Å². The minimum absolute atomic E-state index is 0.213. The summed E-state index contributed by atoms with van der Waals surface area (Å²) in [6, 6.07) is 8.81. The molecule has 1 aliphatic heterocycles. The summed E-state index contributed by atoms with van der Waals surface area (Å²) in [5.41, 5.74) is 1.41. The Morgan fingerprint density at radius 1 is 1.32 bits per heavy atom. The van der Waals surface area contributed by atoms with Crippen molar-refractivity contribution >= 4 is 53.3 Å². The van der Waals surface area contributed by atoms with E-state index in [1.165, 1.54) is 21.9 Å². The first kappa shape index (κ1) is 19.7. The normalized spacial score (nSPS) is 25.3. The molecule has 25 heavy (non-hydrogen) atoms. The molecule has 2 nitrogen and oxygen atoms in total. The summed E-state index contributed by atoms with van der Waals surface area (Å²) in [7, 11) is -0.213. The Bertz CT molecular complexity index is 677. The van der Waals surface area contributed by atoms with E-state index in [2.05, 4.69) is 74.7 Å². The fourth-order valence-electron chi connectivity index (χ4n) is 3.77. The number of fused-ring (bicyclic) bond motifs is 1. The van der Waals surface area contributed by atoms with Gasteiger partial charge in [-0.1, -0.05) is 46.0 Å². The largest absolute Gasteiger partial charge is 0.296 e. The summed E-state index contributed by atoms with van der Waals surface area (Å²) in [6.07, 6.45) is 1.27. The number of nitrogens with zero attached hydrogens (tertiary/aromatic N) is 1. The molecule has 0 bridgehead atoms. The number of para-hydroxylation sites is 1. The van der Waals surface area contributed by atoms with Crippen LogP contribution < -0.4 is 5.32 Å². The van der Waals surface area contributed by atoms with Gasteiger partial charge in [0.05, 0.1) is 21.6 Å². The predicted octanol–water partition coefficient (Wildman–Crippen LogP) is 5.85. The summed E-state index contributed by atoms with van der Waals surface area (Å²) >= 11 is 8.86. The Morgan fingerprint density at radius 2 is 2.04 bits per heavy atom. The van der Waals surface area contributed by atoms with E-state index in [1.54, 1.807) is 0 Å². The number of nitrogens with one attached hydrogen (secondary N) is 1. The van der Waals surface area contributed by atoms with Gasteiger partial charge in [0.2, 0.25) is 0 Å². The topological polar surface area (TPSA) is 24.9 Å². The van der Waals surface area contributed by atoms with Gasteiger partial charge in [0.15, 0.2) is 0 Å². The molecule has 1 aromatic carbocycles. The van der Waals surface area contributed by atoms with Crippen LogP contribution in [0.5, 0.6) is 0 Å². The van der Waals surface area contributed by atoms with Crippen LogP contribution >= 0.6 is 35.2 Å². The zero-order valence-corrected chi connectivity index (χ0v) is 19.3. The van der Waals surface area contributed by atoms with Crippen molar-refractivity contribution in [3.05, 3.63) is 29.3 Å². The summed E-state index contributed by atoms with van der Waals surface area (Å²) in [5, 5.41) is 5.14. The molecule has 1 radical (unpaired) electrons. The lowest BCUT2D eigenvalue weighted by atomic mass is 9.66. The highest BCUT2D eigenvalue weighted by atomic mass is 32.4. The highest BCUT2D eigenvalue weighted by molar-refractivity contribution is 8.25. The quantitative estimate of drug-likeness (QED) is 0.462. The van der Waals surface area contributed by atoms with E-state index in [-0.39, 0.29) is 18.7 Å². The number of benzene rings is 1. The van der Waals surface area contributed by atoms with Gasteiger partial charge in [-0.15, -0.1) is 11.3 Å². The second-order valence-corrected chi connectivity index (χ2v) is 15.7. The summed E-state index contributed by atoms with van der Waals surface area (Å²) < 4.78 is 1.28. The maximum Gasteiger partial charge on any atom is 0.115 e. The van der Waals surface area contributed by atoms with Gasteiger partial charge in [0.1, 0.15) is 13.0 Å². The lowest BCUT2D eigenvalue weighted by Gasteiger charge is -2.51.